The molecular weight excluding hydrogens is 174 g/mol. The molecule has 0 heterocycles. The number of carbonyl (C=O) groups is 1. The number of nitrogens with two attached hydrogens (primary N) is 1. The summed E-state index contributed by atoms with van der Waals surface area (Å²) in [4.78, 5) is 11.0. The van der Waals surface area contributed by atoms with Crippen LogP contribution in [0.4, 0.5) is 0 Å². The molecule has 2 heteroatoms. The maximum absolute atomic E-state index is 11.0. The molecule has 0 amide bonds. The molecule has 2 nitrogen and oxygen atoms in total. The van der Waals surface area contributed by atoms with Crippen LogP contribution in [0.1, 0.15) is 25.3 Å². The lowest BCUT2D eigenvalue weighted by atomic mass is 9.87. The third kappa shape index (κ3) is 2.42. The molecule has 0 saturated heterocycles. The van der Waals surface area contributed by atoms with Gasteiger partial charge in [-0.25, -0.2) is 0 Å². The van der Waals surface area contributed by atoms with Gasteiger partial charge in [0.15, 0.2) is 0 Å². The molecular formula is C12H17NO. The van der Waals surface area contributed by atoms with Gasteiger partial charge in [0.1, 0.15) is 6.29 Å². The van der Waals surface area contributed by atoms with Crippen molar-refractivity contribution in [3.63, 3.8) is 0 Å². The third-order valence-corrected chi connectivity index (χ3v) is 2.52. The van der Waals surface area contributed by atoms with Gasteiger partial charge < -0.3 is 10.5 Å². The van der Waals surface area contributed by atoms with E-state index in [9.17, 15) is 4.79 Å². The molecule has 76 valence electrons. The van der Waals surface area contributed by atoms with Crippen molar-refractivity contribution in [3.8, 4) is 0 Å². The minimum Gasteiger partial charge on any atom is -0.327 e. The van der Waals surface area contributed by atoms with Crippen molar-refractivity contribution in [3.05, 3.63) is 35.9 Å². The molecule has 1 aromatic rings. The first-order chi connectivity index (χ1) is 6.66. The molecule has 2 atom stereocenters. The summed E-state index contributed by atoms with van der Waals surface area (Å²) in [6.45, 7) is 4.06. The third-order valence-electron chi connectivity index (χ3n) is 2.52. The number of benzene rings is 1. The highest BCUT2D eigenvalue weighted by Gasteiger charge is 2.21. The predicted octanol–water partition coefficient (Wildman–Crippen LogP) is 1.95. The summed E-state index contributed by atoms with van der Waals surface area (Å²) in [5, 5.41) is 0. The van der Waals surface area contributed by atoms with Gasteiger partial charge in [0.05, 0.1) is 5.92 Å². The van der Waals surface area contributed by atoms with Crippen LogP contribution in [0.3, 0.4) is 0 Å². The normalized spacial score (nSPS) is 15.1. The lowest BCUT2D eigenvalue weighted by Crippen LogP contribution is -2.34. The van der Waals surface area contributed by atoms with Crippen LogP contribution in [0.25, 0.3) is 0 Å². The molecule has 0 aliphatic carbocycles. The van der Waals surface area contributed by atoms with Gasteiger partial charge in [-0.1, -0.05) is 44.2 Å². The van der Waals surface area contributed by atoms with Crippen molar-refractivity contribution in [2.75, 3.05) is 0 Å². The molecule has 0 saturated carbocycles. The van der Waals surface area contributed by atoms with E-state index in [0.29, 0.717) is 5.92 Å². The molecule has 1 rings (SSSR count). The summed E-state index contributed by atoms with van der Waals surface area (Å²) in [7, 11) is 0. The van der Waals surface area contributed by atoms with E-state index in [0.717, 1.165) is 11.8 Å². The Morgan fingerprint density at radius 2 is 1.79 bits per heavy atom. The molecule has 0 fully saturated rings. The summed E-state index contributed by atoms with van der Waals surface area (Å²) in [5.74, 6) is 0.126. The minimum atomic E-state index is -0.184. The molecule has 0 aromatic heterocycles. The van der Waals surface area contributed by atoms with Crippen LogP contribution in [0, 0.1) is 5.92 Å². The van der Waals surface area contributed by atoms with E-state index in [-0.39, 0.29) is 12.0 Å². The first kappa shape index (κ1) is 10.9. The number of rotatable bonds is 4. The molecule has 2 N–H and O–H groups in total. The second-order valence-electron chi connectivity index (χ2n) is 3.89. The Bertz CT molecular complexity index is 282. The quantitative estimate of drug-likeness (QED) is 0.739. The Labute approximate surface area is 85.1 Å². The topological polar surface area (TPSA) is 43.1 Å². The van der Waals surface area contributed by atoms with Gasteiger partial charge in [0, 0.05) is 6.04 Å². The fraction of sp³-hybridized carbons (Fsp3) is 0.417. The average molecular weight is 191 g/mol. The van der Waals surface area contributed by atoms with Crippen LogP contribution in [0.5, 0.6) is 0 Å². The van der Waals surface area contributed by atoms with Gasteiger partial charge >= 0.3 is 0 Å². The van der Waals surface area contributed by atoms with Crippen molar-refractivity contribution in [1.29, 1.82) is 0 Å². The van der Waals surface area contributed by atoms with E-state index in [1.165, 1.54) is 0 Å². The smallest absolute Gasteiger partial charge is 0.129 e. The fourth-order valence-corrected chi connectivity index (χ4v) is 1.48. The van der Waals surface area contributed by atoms with E-state index in [4.69, 9.17) is 5.73 Å². The zero-order chi connectivity index (χ0) is 10.6. The van der Waals surface area contributed by atoms with Crippen LogP contribution in [-0.4, -0.2) is 12.3 Å². The van der Waals surface area contributed by atoms with Crippen LogP contribution in [0.2, 0.25) is 0 Å². The first-order valence-electron chi connectivity index (χ1n) is 4.92. The summed E-state index contributed by atoms with van der Waals surface area (Å²) in [6.07, 6.45) is 0.944. The maximum atomic E-state index is 11.0. The first-order valence-corrected chi connectivity index (χ1v) is 4.92. The standard InChI is InChI=1S/C12H17NO/c1-9(2)12(13)11(8-14)10-6-4-3-5-7-10/h3-9,11-12H,13H2,1-2H3/t11?,12-/m0/s1. The lowest BCUT2D eigenvalue weighted by molar-refractivity contribution is -0.109. The van der Waals surface area contributed by atoms with Crippen LogP contribution in [-0.2, 0) is 4.79 Å². The summed E-state index contributed by atoms with van der Waals surface area (Å²) < 4.78 is 0. The Morgan fingerprint density at radius 3 is 2.21 bits per heavy atom. The Balaban J connectivity index is 2.88. The summed E-state index contributed by atoms with van der Waals surface area (Å²) in [6, 6.07) is 9.59. The fourth-order valence-electron chi connectivity index (χ4n) is 1.48. The van der Waals surface area contributed by atoms with Crippen molar-refractivity contribution in [1.82, 2.24) is 0 Å². The lowest BCUT2D eigenvalue weighted by Gasteiger charge is -2.22. The average Bonchev–Trinajstić information content (AvgIpc) is 2.20. The Hall–Kier alpha value is -1.15. The second kappa shape index (κ2) is 4.91. The summed E-state index contributed by atoms with van der Waals surface area (Å²) >= 11 is 0. The van der Waals surface area contributed by atoms with Gasteiger partial charge in [0.25, 0.3) is 0 Å². The van der Waals surface area contributed by atoms with Crippen LogP contribution >= 0.6 is 0 Å². The van der Waals surface area contributed by atoms with Gasteiger partial charge in [0.2, 0.25) is 0 Å². The van der Waals surface area contributed by atoms with Crippen molar-refractivity contribution in [2.45, 2.75) is 25.8 Å². The zero-order valence-corrected chi connectivity index (χ0v) is 8.68. The largest absolute Gasteiger partial charge is 0.327 e. The Kier molecular flexibility index (Phi) is 3.84. The highest BCUT2D eigenvalue weighted by Crippen LogP contribution is 2.20. The molecule has 14 heavy (non-hydrogen) atoms. The number of hydrogen-bond donors (Lipinski definition) is 1. The highest BCUT2D eigenvalue weighted by atomic mass is 16.1. The van der Waals surface area contributed by atoms with Crippen LogP contribution in [0.15, 0.2) is 30.3 Å². The second-order valence-corrected chi connectivity index (χ2v) is 3.89. The number of aldehydes is 1. The van der Waals surface area contributed by atoms with Crippen molar-refractivity contribution in [2.24, 2.45) is 11.7 Å². The number of hydrogen-bond acceptors (Lipinski definition) is 2. The van der Waals surface area contributed by atoms with Gasteiger partial charge in [-0.3, -0.25) is 0 Å². The minimum absolute atomic E-state index is 0.102. The molecule has 1 unspecified atom stereocenters. The van der Waals surface area contributed by atoms with E-state index < -0.39 is 0 Å². The van der Waals surface area contributed by atoms with Crippen molar-refractivity contribution < 1.29 is 4.79 Å². The summed E-state index contributed by atoms with van der Waals surface area (Å²) in [5.41, 5.74) is 6.98. The zero-order valence-electron chi connectivity index (χ0n) is 8.68. The van der Waals surface area contributed by atoms with E-state index >= 15 is 0 Å². The SMILES string of the molecule is CC(C)[C@H](N)C(C=O)c1ccccc1. The van der Waals surface area contributed by atoms with E-state index in [1.807, 2.05) is 44.2 Å². The van der Waals surface area contributed by atoms with Crippen LogP contribution < -0.4 is 5.73 Å². The number of carbonyl (C=O) groups excluding carboxylic acids is 1. The molecule has 0 aliphatic heterocycles. The molecule has 0 radical (unpaired) electrons. The maximum Gasteiger partial charge on any atom is 0.129 e. The monoisotopic (exact) mass is 191 g/mol. The predicted molar refractivity (Wildman–Crippen MR) is 58.1 cm³/mol. The van der Waals surface area contributed by atoms with Gasteiger partial charge in [-0.2, -0.15) is 0 Å². The van der Waals surface area contributed by atoms with E-state index in [2.05, 4.69) is 0 Å². The Morgan fingerprint density at radius 1 is 1.21 bits per heavy atom. The highest BCUT2D eigenvalue weighted by molar-refractivity contribution is 5.63. The molecule has 0 spiro atoms. The molecule has 0 bridgehead atoms. The van der Waals surface area contributed by atoms with E-state index in [1.54, 1.807) is 0 Å². The van der Waals surface area contributed by atoms with Gasteiger partial charge in [-0.15, -0.1) is 0 Å². The molecule has 1 aromatic carbocycles. The van der Waals surface area contributed by atoms with Crippen molar-refractivity contribution >= 4 is 6.29 Å². The van der Waals surface area contributed by atoms with Gasteiger partial charge in [-0.05, 0) is 11.5 Å². The molecule has 0 aliphatic rings.